The van der Waals surface area contributed by atoms with Gasteiger partial charge in [0.25, 0.3) is 0 Å². The van der Waals surface area contributed by atoms with Crippen LogP contribution in [0.5, 0.6) is 0 Å². The zero-order chi connectivity index (χ0) is 40.2. The first-order valence-corrected chi connectivity index (χ1v) is 19.5. The molecular weight excluding hydrogens is 703 g/mol. The third-order valence-electron chi connectivity index (χ3n) is 10.7. The van der Waals surface area contributed by atoms with Crippen LogP contribution in [0.2, 0.25) is 0 Å². The van der Waals surface area contributed by atoms with Crippen LogP contribution in [0, 0.1) is 41.5 Å². The highest BCUT2D eigenvalue weighted by atomic mass is 14.5. The molecule has 0 unspecified atom stereocenters. The molecule has 0 saturated heterocycles. The van der Waals surface area contributed by atoms with E-state index in [0.717, 1.165) is 17.1 Å². The number of fused-ring (bicyclic) bond motifs is 3. The molecule has 0 aliphatic rings. The van der Waals surface area contributed by atoms with Gasteiger partial charge in [0.1, 0.15) is 0 Å². The number of nitrogen functional groups attached to an aromatic ring is 3. The lowest BCUT2D eigenvalue weighted by molar-refractivity contribution is 1.46. The summed E-state index contributed by atoms with van der Waals surface area (Å²) in [6.45, 7) is 12.7. The molecule has 0 aliphatic heterocycles. The van der Waals surface area contributed by atoms with Crippen molar-refractivity contribution in [1.29, 1.82) is 0 Å². The van der Waals surface area contributed by atoms with Gasteiger partial charge in [-0.1, -0.05) is 128 Å². The molecule has 290 valence electrons. The first-order chi connectivity index (χ1) is 27.4. The number of hydrogen-bond donors (Lipinski definition) is 3. The van der Waals surface area contributed by atoms with E-state index in [4.69, 9.17) is 17.2 Å². The number of aryl methyl sites for hydroxylation is 6. The highest BCUT2D eigenvalue weighted by Gasteiger charge is 2.06. The summed E-state index contributed by atoms with van der Waals surface area (Å²) >= 11 is 0. The van der Waals surface area contributed by atoms with Crippen molar-refractivity contribution >= 4 is 49.4 Å². The predicted octanol–water partition coefficient (Wildman–Crippen LogP) is 14.8. The Balaban J connectivity index is 0.000000145. The Morgan fingerprint density at radius 3 is 1.19 bits per heavy atom. The monoisotopic (exact) mass is 757 g/mol. The molecule has 0 heterocycles. The topological polar surface area (TPSA) is 78.1 Å². The Bertz CT molecular complexity index is 2880. The summed E-state index contributed by atoms with van der Waals surface area (Å²) in [5.74, 6) is 0. The standard InChI is InChI=1S/3C18H17N.CH4/c1-12-3-5-14(6-4-12)15-7-8-18-13(2)9-17(19)11-16(18)10-15;1-12-4-3-5-14(8-12)15-6-7-18-13(2)9-17(19)11-16(18)10-15;1-12-5-3-4-6-17(12)14-7-8-18-13(2)9-16(19)11-15(18)10-14;/h3*3-11H,19H2,1-2H3;1H4. The summed E-state index contributed by atoms with van der Waals surface area (Å²) < 4.78 is 0. The molecule has 3 nitrogen and oxygen atoms in total. The van der Waals surface area contributed by atoms with Crippen molar-refractivity contribution < 1.29 is 0 Å². The molecule has 0 radical (unpaired) electrons. The molecule has 58 heavy (non-hydrogen) atoms. The van der Waals surface area contributed by atoms with Crippen LogP contribution < -0.4 is 17.2 Å². The van der Waals surface area contributed by atoms with Crippen molar-refractivity contribution in [3.63, 3.8) is 0 Å². The van der Waals surface area contributed by atoms with E-state index in [0.29, 0.717) is 0 Å². The van der Waals surface area contributed by atoms with Crippen LogP contribution in [-0.2, 0) is 0 Å². The molecule has 0 atom stereocenters. The van der Waals surface area contributed by atoms with Crippen molar-refractivity contribution in [2.45, 2.75) is 49.0 Å². The van der Waals surface area contributed by atoms with Crippen molar-refractivity contribution in [3.8, 4) is 33.4 Å². The van der Waals surface area contributed by atoms with Crippen molar-refractivity contribution in [2.24, 2.45) is 0 Å². The first-order valence-electron chi connectivity index (χ1n) is 19.5. The van der Waals surface area contributed by atoms with E-state index in [1.54, 1.807) is 0 Å². The van der Waals surface area contributed by atoms with E-state index in [1.807, 2.05) is 36.4 Å². The predicted molar refractivity (Wildman–Crippen MR) is 257 cm³/mol. The maximum absolute atomic E-state index is 5.94. The Hall–Kier alpha value is -6.84. The third kappa shape index (κ3) is 9.23. The SMILES string of the molecule is C.Cc1ccc(-c2ccc3c(C)cc(N)cc3c2)cc1.Cc1cccc(-c2ccc3c(C)cc(N)cc3c2)c1.Cc1ccccc1-c1ccc2c(C)cc(N)cc2c1. The first kappa shape index (κ1) is 40.8. The molecule has 9 rings (SSSR count). The van der Waals surface area contributed by atoms with E-state index in [-0.39, 0.29) is 7.43 Å². The fourth-order valence-electron chi connectivity index (χ4n) is 7.76. The molecular formula is C55H55N3. The van der Waals surface area contributed by atoms with E-state index < -0.39 is 0 Å². The lowest BCUT2D eigenvalue weighted by Crippen LogP contribution is -1.88. The number of hydrogen-bond acceptors (Lipinski definition) is 3. The summed E-state index contributed by atoms with van der Waals surface area (Å²) in [4.78, 5) is 0. The van der Waals surface area contributed by atoms with E-state index in [1.165, 1.54) is 99.1 Å². The molecule has 9 aromatic carbocycles. The summed E-state index contributed by atoms with van der Waals surface area (Å²) in [7, 11) is 0. The second-order valence-electron chi connectivity index (χ2n) is 15.4. The minimum absolute atomic E-state index is 0. The summed E-state index contributed by atoms with van der Waals surface area (Å²) in [5.41, 5.74) is 35.3. The third-order valence-corrected chi connectivity index (χ3v) is 10.7. The Labute approximate surface area is 344 Å². The van der Waals surface area contributed by atoms with Crippen LogP contribution in [-0.4, -0.2) is 0 Å². The molecule has 0 spiro atoms. The van der Waals surface area contributed by atoms with E-state index in [9.17, 15) is 0 Å². The van der Waals surface area contributed by atoms with Gasteiger partial charge >= 0.3 is 0 Å². The minimum Gasteiger partial charge on any atom is -0.399 e. The van der Waals surface area contributed by atoms with Gasteiger partial charge in [-0.3, -0.25) is 0 Å². The fourth-order valence-corrected chi connectivity index (χ4v) is 7.76. The average molecular weight is 758 g/mol. The average Bonchev–Trinajstić information content (AvgIpc) is 3.18. The van der Waals surface area contributed by atoms with Gasteiger partial charge in [-0.2, -0.15) is 0 Å². The summed E-state index contributed by atoms with van der Waals surface area (Å²) in [5, 5.41) is 7.42. The molecule has 0 fully saturated rings. The highest BCUT2D eigenvalue weighted by Crippen LogP contribution is 2.31. The van der Waals surface area contributed by atoms with Crippen LogP contribution in [0.15, 0.2) is 164 Å². The Kier molecular flexibility index (Phi) is 12.3. The van der Waals surface area contributed by atoms with Gasteiger partial charge < -0.3 is 17.2 Å². The molecule has 9 aromatic rings. The maximum atomic E-state index is 5.94. The summed E-state index contributed by atoms with van der Waals surface area (Å²) in [6.07, 6.45) is 0. The minimum atomic E-state index is 0. The number of anilines is 3. The second-order valence-corrected chi connectivity index (χ2v) is 15.4. The summed E-state index contributed by atoms with van der Waals surface area (Å²) in [6, 6.07) is 57.6. The zero-order valence-electron chi connectivity index (χ0n) is 33.8. The van der Waals surface area contributed by atoms with E-state index in [2.05, 4.69) is 169 Å². The van der Waals surface area contributed by atoms with Crippen molar-refractivity contribution in [3.05, 3.63) is 197 Å². The highest BCUT2D eigenvalue weighted by molar-refractivity contribution is 5.94. The van der Waals surface area contributed by atoms with Crippen LogP contribution in [0.1, 0.15) is 40.8 Å². The number of benzene rings is 9. The van der Waals surface area contributed by atoms with Crippen LogP contribution in [0.25, 0.3) is 65.7 Å². The molecule has 0 aliphatic carbocycles. The van der Waals surface area contributed by atoms with Gasteiger partial charge in [-0.25, -0.2) is 0 Å². The second kappa shape index (κ2) is 17.5. The normalized spacial score (nSPS) is 10.7. The van der Waals surface area contributed by atoms with E-state index >= 15 is 0 Å². The van der Waals surface area contributed by atoms with Gasteiger partial charge in [-0.15, -0.1) is 0 Å². The molecule has 0 aromatic heterocycles. The van der Waals surface area contributed by atoms with Gasteiger partial charge in [-0.05, 0) is 184 Å². The Morgan fingerprint density at radius 1 is 0.293 bits per heavy atom. The maximum Gasteiger partial charge on any atom is 0.0323 e. The van der Waals surface area contributed by atoms with Crippen LogP contribution >= 0.6 is 0 Å². The van der Waals surface area contributed by atoms with Crippen LogP contribution in [0.3, 0.4) is 0 Å². The van der Waals surface area contributed by atoms with Crippen LogP contribution in [0.4, 0.5) is 17.1 Å². The molecule has 0 saturated carbocycles. The smallest absolute Gasteiger partial charge is 0.0323 e. The molecule has 6 N–H and O–H groups in total. The van der Waals surface area contributed by atoms with Gasteiger partial charge in [0, 0.05) is 17.1 Å². The molecule has 0 amide bonds. The zero-order valence-corrected chi connectivity index (χ0v) is 33.8. The molecule has 3 heteroatoms. The fraction of sp³-hybridized carbons (Fsp3) is 0.127. The van der Waals surface area contributed by atoms with Crippen molar-refractivity contribution in [1.82, 2.24) is 0 Å². The quantitative estimate of drug-likeness (QED) is 0.157. The largest absolute Gasteiger partial charge is 0.399 e. The van der Waals surface area contributed by atoms with Gasteiger partial charge in [0.2, 0.25) is 0 Å². The lowest BCUT2D eigenvalue weighted by atomic mass is 9.96. The Morgan fingerprint density at radius 2 is 0.707 bits per heavy atom. The van der Waals surface area contributed by atoms with Gasteiger partial charge in [0.15, 0.2) is 0 Å². The van der Waals surface area contributed by atoms with Gasteiger partial charge in [0.05, 0.1) is 0 Å². The number of nitrogens with two attached hydrogens (primary N) is 3. The lowest BCUT2D eigenvalue weighted by Gasteiger charge is -2.09. The molecule has 0 bridgehead atoms. The number of rotatable bonds is 3. The van der Waals surface area contributed by atoms with Crippen molar-refractivity contribution in [2.75, 3.05) is 17.2 Å².